The second kappa shape index (κ2) is 6.87. The fraction of sp³-hybridized carbons (Fsp3) is 0.500. The van der Waals surface area contributed by atoms with Crippen molar-refractivity contribution in [2.75, 3.05) is 27.8 Å². The van der Waals surface area contributed by atoms with Crippen molar-refractivity contribution in [3.05, 3.63) is 23.3 Å². The van der Waals surface area contributed by atoms with Gasteiger partial charge in [0, 0.05) is 25.1 Å². The van der Waals surface area contributed by atoms with Gasteiger partial charge in [0.25, 0.3) is 0 Å². The van der Waals surface area contributed by atoms with E-state index in [1.165, 1.54) is 0 Å². The molecule has 0 aromatic heterocycles. The van der Waals surface area contributed by atoms with Gasteiger partial charge in [-0.05, 0) is 31.7 Å². The molecule has 0 unspecified atom stereocenters. The second-order valence-corrected chi connectivity index (χ2v) is 4.28. The summed E-state index contributed by atoms with van der Waals surface area (Å²) in [5.41, 5.74) is 2.12. The van der Waals surface area contributed by atoms with Gasteiger partial charge in [-0.25, -0.2) is 0 Å². The van der Waals surface area contributed by atoms with Crippen LogP contribution in [0.4, 0.5) is 0 Å². The number of rotatable bonds is 6. The molecular weight excluding hydrogens is 228 g/mol. The van der Waals surface area contributed by atoms with Crippen LogP contribution in [0.3, 0.4) is 0 Å². The molecule has 0 aliphatic carbocycles. The molecule has 18 heavy (non-hydrogen) atoms. The summed E-state index contributed by atoms with van der Waals surface area (Å²) in [6.07, 6.45) is 0.530. The summed E-state index contributed by atoms with van der Waals surface area (Å²) in [6, 6.07) is 6.12. The van der Waals surface area contributed by atoms with Gasteiger partial charge in [0.15, 0.2) is 0 Å². The average molecular weight is 248 g/mol. The van der Waals surface area contributed by atoms with Gasteiger partial charge in [-0.2, -0.15) is 5.26 Å². The second-order valence-electron chi connectivity index (χ2n) is 4.28. The largest absolute Gasteiger partial charge is 0.496 e. The average Bonchev–Trinajstić information content (AvgIpc) is 2.37. The van der Waals surface area contributed by atoms with Crippen LogP contribution in [0.15, 0.2) is 12.1 Å². The molecule has 1 aromatic carbocycles. The maximum atomic E-state index is 8.58. The predicted octanol–water partition coefficient (Wildman–Crippen LogP) is 2.36. The van der Waals surface area contributed by atoms with E-state index in [-0.39, 0.29) is 0 Å². The van der Waals surface area contributed by atoms with Gasteiger partial charge in [-0.3, -0.25) is 0 Å². The molecule has 0 fully saturated rings. The quantitative estimate of drug-likeness (QED) is 0.775. The molecule has 1 aromatic rings. The Kier molecular flexibility index (Phi) is 5.47. The van der Waals surface area contributed by atoms with Crippen LogP contribution in [0.25, 0.3) is 0 Å². The van der Waals surface area contributed by atoms with E-state index in [1.807, 2.05) is 26.1 Å². The van der Waals surface area contributed by atoms with E-state index in [1.54, 1.807) is 14.2 Å². The molecule has 0 aliphatic heterocycles. The predicted molar refractivity (Wildman–Crippen MR) is 70.8 cm³/mol. The number of hydrogen-bond donors (Lipinski definition) is 0. The third kappa shape index (κ3) is 3.64. The number of hydrogen-bond acceptors (Lipinski definition) is 4. The van der Waals surface area contributed by atoms with Crippen molar-refractivity contribution in [2.45, 2.75) is 19.9 Å². The van der Waals surface area contributed by atoms with E-state index in [0.29, 0.717) is 6.42 Å². The molecule has 0 spiro atoms. The molecule has 0 atom stereocenters. The topological polar surface area (TPSA) is 45.5 Å². The van der Waals surface area contributed by atoms with Crippen molar-refractivity contribution in [2.24, 2.45) is 0 Å². The maximum Gasteiger partial charge on any atom is 0.123 e. The molecule has 0 heterocycles. The van der Waals surface area contributed by atoms with Gasteiger partial charge in [0.2, 0.25) is 0 Å². The minimum absolute atomic E-state index is 0.530. The molecule has 4 heteroatoms. The fourth-order valence-electron chi connectivity index (χ4n) is 1.85. The number of nitriles is 1. The van der Waals surface area contributed by atoms with Crippen LogP contribution >= 0.6 is 0 Å². The first-order valence-corrected chi connectivity index (χ1v) is 5.89. The minimum atomic E-state index is 0.530. The SMILES string of the molecule is COc1cc(CN(C)CCC#N)c(OC)cc1C. The Bertz CT molecular complexity index is 438. The molecular formula is C14H20N2O2. The zero-order valence-electron chi connectivity index (χ0n) is 11.5. The monoisotopic (exact) mass is 248 g/mol. The molecule has 0 aliphatic rings. The number of benzene rings is 1. The number of nitrogens with zero attached hydrogens (tertiary/aromatic N) is 2. The Labute approximate surface area is 109 Å². The Morgan fingerprint density at radius 1 is 1.22 bits per heavy atom. The lowest BCUT2D eigenvalue weighted by atomic mass is 10.1. The first-order valence-electron chi connectivity index (χ1n) is 5.89. The third-order valence-electron chi connectivity index (χ3n) is 2.84. The van der Waals surface area contributed by atoms with E-state index in [9.17, 15) is 0 Å². The lowest BCUT2D eigenvalue weighted by molar-refractivity contribution is 0.322. The van der Waals surface area contributed by atoms with Crippen molar-refractivity contribution in [1.82, 2.24) is 4.90 Å². The smallest absolute Gasteiger partial charge is 0.123 e. The van der Waals surface area contributed by atoms with Crippen molar-refractivity contribution in [3.63, 3.8) is 0 Å². The van der Waals surface area contributed by atoms with E-state index >= 15 is 0 Å². The molecule has 0 radical (unpaired) electrons. The van der Waals surface area contributed by atoms with E-state index in [4.69, 9.17) is 14.7 Å². The van der Waals surface area contributed by atoms with Crippen LogP contribution in [-0.2, 0) is 6.54 Å². The summed E-state index contributed by atoms with van der Waals surface area (Å²) in [5, 5.41) is 8.58. The van der Waals surface area contributed by atoms with Gasteiger partial charge >= 0.3 is 0 Å². The van der Waals surface area contributed by atoms with E-state index in [2.05, 4.69) is 11.0 Å². The lowest BCUT2D eigenvalue weighted by Crippen LogP contribution is -2.19. The summed E-state index contributed by atoms with van der Waals surface area (Å²) >= 11 is 0. The van der Waals surface area contributed by atoms with Gasteiger partial charge in [0.05, 0.1) is 20.3 Å². The van der Waals surface area contributed by atoms with E-state index < -0.39 is 0 Å². The first kappa shape index (κ1) is 14.3. The zero-order chi connectivity index (χ0) is 13.5. The Balaban J connectivity index is 2.89. The first-order chi connectivity index (χ1) is 8.62. The maximum absolute atomic E-state index is 8.58. The normalized spacial score (nSPS) is 10.2. The van der Waals surface area contributed by atoms with Crippen molar-refractivity contribution < 1.29 is 9.47 Å². The van der Waals surface area contributed by atoms with E-state index in [0.717, 1.165) is 35.7 Å². The van der Waals surface area contributed by atoms with Crippen LogP contribution < -0.4 is 9.47 Å². The van der Waals surface area contributed by atoms with Crippen LogP contribution in [0, 0.1) is 18.3 Å². The van der Waals surface area contributed by atoms with Crippen LogP contribution in [0.1, 0.15) is 17.5 Å². The van der Waals surface area contributed by atoms with Crippen LogP contribution in [0.2, 0.25) is 0 Å². The minimum Gasteiger partial charge on any atom is -0.496 e. The van der Waals surface area contributed by atoms with Gasteiger partial charge in [-0.15, -0.1) is 0 Å². The van der Waals surface area contributed by atoms with Crippen molar-refractivity contribution in [3.8, 4) is 17.6 Å². The molecule has 0 bridgehead atoms. The highest BCUT2D eigenvalue weighted by Gasteiger charge is 2.10. The Hall–Kier alpha value is -1.73. The van der Waals surface area contributed by atoms with Crippen molar-refractivity contribution in [1.29, 1.82) is 5.26 Å². The highest BCUT2D eigenvalue weighted by Crippen LogP contribution is 2.28. The summed E-state index contributed by atoms with van der Waals surface area (Å²) < 4.78 is 10.7. The highest BCUT2D eigenvalue weighted by atomic mass is 16.5. The summed E-state index contributed by atoms with van der Waals surface area (Å²) in [7, 11) is 5.32. The highest BCUT2D eigenvalue weighted by molar-refractivity contribution is 5.45. The molecule has 98 valence electrons. The summed E-state index contributed by atoms with van der Waals surface area (Å²) in [4.78, 5) is 2.09. The molecule has 0 amide bonds. The zero-order valence-corrected chi connectivity index (χ0v) is 11.5. The fourth-order valence-corrected chi connectivity index (χ4v) is 1.85. The van der Waals surface area contributed by atoms with Gasteiger partial charge in [-0.1, -0.05) is 0 Å². The van der Waals surface area contributed by atoms with Crippen molar-refractivity contribution >= 4 is 0 Å². The van der Waals surface area contributed by atoms with Gasteiger partial charge < -0.3 is 14.4 Å². The molecule has 4 nitrogen and oxygen atoms in total. The van der Waals surface area contributed by atoms with Crippen LogP contribution in [-0.4, -0.2) is 32.7 Å². The Morgan fingerprint density at radius 3 is 2.44 bits per heavy atom. The molecule has 0 N–H and O–H groups in total. The number of ether oxygens (including phenoxy) is 2. The van der Waals surface area contributed by atoms with Crippen LogP contribution in [0.5, 0.6) is 11.5 Å². The Morgan fingerprint density at radius 2 is 1.89 bits per heavy atom. The number of aryl methyl sites for hydroxylation is 1. The summed E-state index contributed by atoms with van der Waals surface area (Å²) in [5.74, 6) is 1.72. The van der Waals surface area contributed by atoms with Gasteiger partial charge in [0.1, 0.15) is 11.5 Å². The number of methoxy groups -OCH3 is 2. The standard InChI is InChI=1S/C14H20N2O2/c1-11-8-14(18-4)12(9-13(11)17-3)10-16(2)7-5-6-15/h8-9H,5,7,10H2,1-4H3. The third-order valence-corrected chi connectivity index (χ3v) is 2.84. The molecule has 0 saturated carbocycles. The summed E-state index contributed by atoms with van der Waals surface area (Å²) in [6.45, 7) is 3.47. The molecule has 1 rings (SSSR count). The molecule has 0 saturated heterocycles. The lowest BCUT2D eigenvalue weighted by Gasteiger charge is -2.18.